The molecule has 1 atom stereocenters. The fourth-order valence-electron chi connectivity index (χ4n) is 1.84. The average Bonchev–Trinajstić information content (AvgIpc) is 2.53. The van der Waals surface area contributed by atoms with E-state index in [0.717, 1.165) is 0 Å². The molecule has 0 aromatic heterocycles. The number of carbonyl (C=O) groups excluding carboxylic acids is 1. The number of carbonyl (C=O) groups is 1. The number of ether oxygens (including phenoxy) is 2. The minimum atomic E-state index is -2.21. The Morgan fingerprint density at radius 3 is 1.95 bits per heavy atom. The van der Waals surface area contributed by atoms with Crippen LogP contribution in [0.25, 0.3) is 0 Å². The first-order chi connectivity index (χ1) is 9.69. The highest BCUT2D eigenvalue weighted by molar-refractivity contribution is 7.71. The van der Waals surface area contributed by atoms with Gasteiger partial charge in [0.05, 0.1) is 14.2 Å². The van der Waals surface area contributed by atoms with Gasteiger partial charge in [0.25, 0.3) is 5.52 Å². The van der Waals surface area contributed by atoms with E-state index in [9.17, 15) is 9.36 Å². The molecule has 5 heteroatoms. The van der Waals surface area contributed by atoms with Gasteiger partial charge in [-0.3, -0.25) is 9.36 Å². The molecule has 0 heterocycles. The molecule has 0 saturated carbocycles. The van der Waals surface area contributed by atoms with Crippen LogP contribution in [0.1, 0.15) is 10.4 Å². The first-order valence-corrected chi connectivity index (χ1v) is 7.22. The molecule has 103 valence electrons. The lowest BCUT2D eigenvalue weighted by molar-refractivity contribution is 0.107. The molecule has 0 fully saturated rings. The third-order valence-electron chi connectivity index (χ3n) is 2.82. The van der Waals surface area contributed by atoms with Crippen LogP contribution in [-0.4, -0.2) is 19.7 Å². The zero-order chi connectivity index (χ0) is 14.5. The lowest BCUT2D eigenvalue weighted by atomic mass is 10.2. The van der Waals surface area contributed by atoms with E-state index in [1.54, 1.807) is 48.5 Å². The van der Waals surface area contributed by atoms with Gasteiger partial charge in [0.2, 0.25) is 0 Å². The maximum absolute atomic E-state index is 12.5. The molecule has 1 unspecified atom stereocenters. The van der Waals surface area contributed by atoms with Crippen LogP contribution in [-0.2, 0) is 4.57 Å². The first kappa shape index (κ1) is 14.2. The second-order valence-electron chi connectivity index (χ2n) is 3.97. The maximum atomic E-state index is 12.5. The molecule has 0 N–H and O–H groups in total. The van der Waals surface area contributed by atoms with Crippen LogP contribution in [0, 0.1) is 0 Å². The van der Waals surface area contributed by atoms with E-state index in [-0.39, 0.29) is 5.56 Å². The second-order valence-corrected chi connectivity index (χ2v) is 5.48. The van der Waals surface area contributed by atoms with Crippen molar-refractivity contribution in [3.8, 4) is 11.5 Å². The zero-order valence-corrected chi connectivity index (χ0v) is 12.1. The van der Waals surface area contributed by atoms with Crippen LogP contribution in [0.2, 0.25) is 0 Å². The molecular weight excluding hydrogens is 275 g/mol. The minimum Gasteiger partial charge on any atom is -0.496 e. The van der Waals surface area contributed by atoms with Crippen molar-refractivity contribution in [3.05, 3.63) is 54.1 Å². The summed E-state index contributed by atoms with van der Waals surface area (Å²) in [6.45, 7) is 0. The number of methoxy groups -OCH3 is 2. The highest BCUT2D eigenvalue weighted by atomic mass is 31.1. The molecule has 20 heavy (non-hydrogen) atoms. The molecule has 2 rings (SSSR count). The number of hydrogen-bond donors (Lipinski definition) is 0. The summed E-state index contributed by atoms with van der Waals surface area (Å²) in [5.41, 5.74) is -0.289. The average molecular weight is 289 g/mol. The Hall–Kier alpha value is -2.19. The van der Waals surface area contributed by atoms with Crippen LogP contribution < -0.4 is 14.8 Å². The van der Waals surface area contributed by atoms with E-state index in [2.05, 4.69) is 0 Å². The molecule has 2 aromatic carbocycles. The van der Waals surface area contributed by atoms with E-state index in [0.29, 0.717) is 16.8 Å². The molecule has 2 aromatic rings. The Balaban J connectivity index is 2.46. The quantitative estimate of drug-likeness (QED) is 0.794. The molecular formula is C15H14O4P. The molecule has 0 spiro atoms. The molecule has 0 saturated heterocycles. The monoisotopic (exact) mass is 289 g/mol. The Morgan fingerprint density at radius 2 is 1.45 bits per heavy atom. The lowest BCUT2D eigenvalue weighted by Crippen LogP contribution is -2.07. The van der Waals surface area contributed by atoms with Crippen LogP contribution in [0.5, 0.6) is 11.5 Å². The van der Waals surface area contributed by atoms with Crippen LogP contribution in [0.15, 0.2) is 48.5 Å². The Labute approximate surface area is 118 Å². The van der Waals surface area contributed by atoms with Crippen molar-refractivity contribution < 1.29 is 18.8 Å². The Bertz CT molecular complexity index is 615. The molecule has 1 radical (unpaired) electrons. The molecule has 4 nitrogen and oxygen atoms in total. The summed E-state index contributed by atoms with van der Waals surface area (Å²) < 4.78 is 22.7. The van der Waals surface area contributed by atoms with Crippen molar-refractivity contribution in [1.29, 1.82) is 0 Å². The van der Waals surface area contributed by atoms with Gasteiger partial charge in [0.1, 0.15) is 17.1 Å². The van der Waals surface area contributed by atoms with Crippen LogP contribution >= 0.6 is 7.80 Å². The van der Waals surface area contributed by atoms with Gasteiger partial charge in [-0.25, -0.2) is 0 Å². The zero-order valence-electron chi connectivity index (χ0n) is 11.2. The van der Waals surface area contributed by atoms with Crippen molar-refractivity contribution in [1.82, 2.24) is 0 Å². The highest BCUT2D eigenvalue weighted by Crippen LogP contribution is 2.36. The van der Waals surface area contributed by atoms with Crippen molar-refractivity contribution in [2.45, 2.75) is 0 Å². The second kappa shape index (κ2) is 6.31. The first-order valence-electron chi connectivity index (χ1n) is 5.96. The summed E-state index contributed by atoms with van der Waals surface area (Å²) in [6, 6.07) is 13.6. The predicted octanol–water partition coefficient (Wildman–Crippen LogP) is 3.00. The summed E-state index contributed by atoms with van der Waals surface area (Å²) in [4.78, 5) is 12.5. The van der Waals surface area contributed by atoms with Gasteiger partial charge < -0.3 is 9.47 Å². The SMILES string of the molecule is COc1cccc(OC)c1C(=O)[P](=O)c1ccccc1. The van der Waals surface area contributed by atoms with Gasteiger partial charge in [0, 0.05) is 5.30 Å². The van der Waals surface area contributed by atoms with Crippen molar-refractivity contribution in [2.24, 2.45) is 0 Å². The van der Waals surface area contributed by atoms with Gasteiger partial charge in [-0.15, -0.1) is 0 Å². The molecule has 0 aliphatic heterocycles. The highest BCUT2D eigenvalue weighted by Gasteiger charge is 2.24. The molecule has 0 amide bonds. The van der Waals surface area contributed by atoms with E-state index in [4.69, 9.17) is 9.47 Å². The summed E-state index contributed by atoms with van der Waals surface area (Å²) in [5, 5.41) is 0.487. The third-order valence-corrected chi connectivity index (χ3v) is 4.18. The predicted molar refractivity (Wildman–Crippen MR) is 77.6 cm³/mol. The summed E-state index contributed by atoms with van der Waals surface area (Å²) in [7, 11) is 0.713. The number of hydrogen-bond acceptors (Lipinski definition) is 4. The third kappa shape index (κ3) is 2.70. The van der Waals surface area contributed by atoms with Crippen molar-refractivity contribution in [2.75, 3.05) is 14.2 Å². The fraction of sp³-hybridized carbons (Fsp3) is 0.133. The van der Waals surface area contributed by atoms with E-state index in [1.165, 1.54) is 14.2 Å². The Kier molecular flexibility index (Phi) is 4.49. The minimum absolute atomic E-state index is 0.211. The van der Waals surface area contributed by atoms with Crippen molar-refractivity contribution >= 4 is 18.6 Å². The molecule has 0 aliphatic rings. The van der Waals surface area contributed by atoms with Gasteiger partial charge in [0.15, 0.2) is 7.80 Å². The lowest BCUT2D eigenvalue weighted by Gasteiger charge is -2.11. The largest absolute Gasteiger partial charge is 0.496 e. The number of rotatable bonds is 5. The Morgan fingerprint density at radius 1 is 0.900 bits per heavy atom. The summed E-state index contributed by atoms with van der Waals surface area (Å²) in [5.74, 6) is 0.710. The summed E-state index contributed by atoms with van der Waals surface area (Å²) in [6.07, 6.45) is 0. The normalized spacial score (nSPS) is 10.8. The maximum Gasteiger partial charge on any atom is 0.254 e. The van der Waals surface area contributed by atoms with Gasteiger partial charge in [-0.1, -0.05) is 24.3 Å². The van der Waals surface area contributed by atoms with Gasteiger partial charge in [-0.2, -0.15) is 0 Å². The van der Waals surface area contributed by atoms with E-state index in [1.807, 2.05) is 0 Å². The molecule has 0 bridgehead atoms. The number of benzene rings is 2. The van der Waals surface area contributed by atoms with Crippen LogP contribution in [0.4, 0.5) is 0 Å². The topological polar surface area (TPSA) is 52.6 Å². The van der Waals surface area contributed by atoms with Gasteiger partial charge in [-0.05, 0) is 24.3 Å². The van der Waals surface area contributed by atoms with Gasteiger partial charge >= 0.3 is 0 Å². The fourth-order valence-corrected chi connectivity index (χ4v) is 2.95. The van der Waals surface area contributed by atoms with Crippen molar-refractivity contribution in [3.63, 3.8) is 0 Å². The van der Waals surface area contributed by atoms with Crippen LogP contribution in [0.3, 0.4) is 0 Å². The van der Waals surface area contributed by atoms with E-state index >= 15 is 0 Å². The van der Waals surface area contributed by atoms with E-state index < -0.39 is 13.3 Å². The summed E-state index contributed by atoms with van der Waals surface area (Å²) >= 11 is 0. The molecule has 0 aliphatic carbocycles. The standard InChI is InChI=1S/C15H14O4P/c1-18-12-9-6-10-13(19-2)14(12)15(16)20(17)11-7-4-3-5-8-11/h3-10H,1-2H3. The smallest absolute Gasteiger partial charge is 0.254 e.